The molecule has 1 saturated heterocycles. The molecule has 2 nitrogen and oxygen atoms in total. The summed E-state index contributed by atoms with van der Waals surface area (Å²) in [4.78, 5) is 4.92. The van der Waals surface area contributed by atoms with Gasteiger partial charge >= 0.3 is 0 Å². The first-order valence-electron chi connectivity index (χ1n) is 6.39. The number of nitrogens with zero attached hydrogens (tertiary/aromatic N) is 2. The van der Waals surface area contributed by atoms with Crippen LogP contribution in [-0.4, -0.2) is 43.0 Å². The minimum absolute atomic E-state index is 0.829. The molecule has 3 heteroatoms. The van der Waals surface area contributed by atoms with E-state index in [1.54, 1.807) is 0 Å². The quantitative estimate of drug-likeness (QED) is 0.795. The Morgan fingerprint density at radius 3 is 2.76 bits per heavy atom. The van der Waals surface area contributed by atoms with Crippen LogP contribution in [0.25, 0.3) is 0 Å². The van der Waals surface area contributed by atoms with Gasteiger partial charge < -0.3 is 9.80 Å². The lowest BCUT2D eigenvalue weighted by Crippen LogP contribution is -2.31. The van der Waals surface area contributed by atoms with Gasteiger partial charge in [-0.15, -0.1) is 0 Å². The van der Waals surface area contributed by atoms with Crippen LogP contribution >= 0.6 is 11.6 Å². The number of halogens is 1. The molecular weight excluding hydrogens is 232 g/mol. The molecule has 1 aliphatic heterocycles. The largest absolute Gasteiger partial charge is 0.302 e. The summed E-state index contributed by atoms with van der Waals surface area (Å²) >= 11 is 5.98. The maximum Gasteiger partial charge on any atom is 0.0409 e. The van der Waals surface area contributed by atoms with E-state index in [0.717, 1.165) is 18.1 Å². The number of benzene rings is 1. The molecule has 94 valence electrons. The lowest BCUT2D eigenvalue weighted by atomic mass is 10.2. The van der Waals surface area contributed by atoms with Crippen molar-refractivity contribution in [1.29, 1.82) is 0 Å². The monoisotopic (exact) mass is 252 g/mol. The number of hydrogen-bond donors (Lipinski definition) is 0. The predicted octanol–water partition coefficient (Wildman–Crippen LogP) is 2.87. The van der Waals surface area contributed by atoms with Gasteiger partial charge in [-0.2, -0.15) is 0 Å². The van der Waals surface area contributed by atoms with E-state index in [1.807, 2.05) is 18.2 Å². The predicted molar refractivity (Wildman–Crippen MR) is 73.5 cm³/mol. The zero-order chi connectivity index (χ0) is 12.1. The molecule has 17 heavy (non-hydrogen) atoms. The summed E-state index contributed by atoms with van der Waals surface area (Å²) in [5.41, 5.74) is 1.29. The van der Waals surface area contributed by atoms with Crippen molar-refractivity contribution in [2.24, 2.45) is 0 Å². The molecule has 0 atom stereocenters. The summed E-state index contributed by atoms with van der Waals surface area (Å²) in [5, 5.41) is 0.829. The van der Waals surface area contributed by atoms with Gasteiger partial charge in [-0.05, 0) is 50.7 Å². The van der Waals surface area contributed by atoms with Crippen molar-refractivity contribution in [3.63, 3.8) is 0 Å². The van der Waals surface area contributed by atoms with Gasteiger partial charge in [0.1, 0.15) is 0 Å². The van der Waals surface area contributed by atoms with E-state index >= 15 is 0 Å². The number of rotatable bonds is 5. The molecule has 0 bridgehead atoms. The summed E-state index contributed by atoms with van der Waals surface area (Å²) in [5.74, 6) is 0. The smallest absolute Gasteiger partial charge is 0.0409 e. The minimum atomic E-state index is 0.829. The van der Waals surface area contributed by atoms with Gasteiger partial charge in [0.2, 0.25) is 0 Å². The average molecular weight is 253 g/mol. The fourth-order valence-electron chi connectivity index (χ4n) is 2.34. The third kappa shape index (κ3) is 4.30. The van der Waals surface area contributed by atoms with Crippen molar-refractivity contribution in [1.82, 2.24) is 9.80 Å². The molecule has 0 spiro atoms. The van der Waals surface area contributed by atoms with E-state index < -0.39 is 0 Å². The highest BCUT2D eigenvalue weighted by Crippen LogP contribution is 2.12. The molecule has 1 aromatic rings. The molecule has 0 radical (unpaired) electrons. The van der Waals surface area contributed by atoms with Gasteiger partial charge in [-0.3, -0.25) is 0 Å². The summed E-state index contributed by atoms with van der Waals surface area (Å²) in [6.07, 6.45) is 2.75. The molecule has 1 aliphatic rings. The standard InChI is InChI=1S/C14H21ClN2/c1-16(9-10-17-7-2-3-8-17)12-13-5-4-6-14(15)11-13/h4-6,11H,2-3,7-10,12H2,1H3. The van der Waals surface area contributed by atoms with Crippen LogP contribution in [0.4, 0.5) is 0 Å². The fourth-order valence-corrected chi connectivity index (χ4v) is 2.56. The van der Waals surface area contributed by atoms with Gasteiger partial charge in [0, 0.05) is 24.7 Å². The van der Waals surface area contributed by atoms with E-state index in [2.05, 4.69) is 22.9 Å². The Kier molecular flexibility index (Phi) is 4.84. The lowest BCUT2D eigenvalue weighted by Gasteiger charge is -2.21. The Balaban J connectivity index is 1.74. The summed E-state index contributed by atoms with van der Waals surface area (Å²) in [7, 11) is 2.18. The maximum atomic E-state index is 5.98. The van der Waals surface area contributed by atoms with Crippen molar-refractivity contribution in [2.75, 3.05) is 33.2 Å². The second-order valence-electron chi connectivity index (χ2n) is 4.92. The number of likely N-dealkylation sites (N-methyl/N-ethyl adjacent to an activating group) is 1. The van der Waals surface area contributed by atoms with Crippen LogP contribution in [0.15, 0.2) is 24.3 Å². The van der Waals surface area contributed by atoms with Crippen LogP contribution in [0.5, 0.6) is 0 Å². The van der Waals surface area contributed by atoms with Crippen molar-refractivity contribution in [3.8, 4) is 0 Å². The highest BCUT2D eigenvalue weighted by molar-refractivity contribution is 6.30. The molecule has 1 fully saturated rings. The van der Waals surface area contributed by atoms with Crippen LogP contribution < -0.4 is 0 Å². The normalized spacial score (nSPS) is 16.9. The van der Waals surface area contributed by atoms with E-state index in [0.29, 0.717) is 0 Å². The van der Waals surface area contributed by atoms with Crippen LogP contribution in [-0.2, 0) is 6.54 Å². The van der Waals surface area contributed by atoms with Crippen LogP contribution in [0.1, 0.15) is 18.4 Å². The second-order valence-corrected chi connectivity index (χ2v) is 5.35. The summed E-state index contributed by atoms with van der Waals surface area (Å²) in [6, 6.07) is 8.13. The molecule has 0 saturated carbocycles. The number of hydrogen-bond acceptors (Lipinski definition) is 2. The highest BCUT2D eigenvalue weighted by atomic mass is 35.5. The average Bonchev–Trinajstić information content (AvgIpc) is 2.79. The second kappa shape index (κ2) is 6.39. The molecule has 0 unspecified atom stereocenters. The van der Waals surface area contributed by atoms with E-state index in [1.165, 1.54) is 38.0 Å². The Labute approximate surface area is 109 Å². The summed E-state index contributed by atoms with van der Waals surface area (Å²) in [6.45, 7) is 5.87. The van der Waals surface area contributed by atoms with E-state index in [9.17, 15) is 0 Å². The van der Waals surface area contributed by atoms with Gasteiger partial charge in [-0.1, -0.05) is 23.7 Å². The van der Waals surface area contributed by atoms with Gasteiger partial charge in [0.15, 0.2) is 0 Å². The van der Waals surface area contributed by atoms with E-state index in [-0.39, 0.29) is 0 Å². The SMILES string of the molecule is CN(CCN1CCCC1)Cc1cccc(Cl)c1. The zero-order valence-electron chi connectivity index (χ0n) is 10.5. The summed E-state index contributed by atoms with van der Waals surface area (Å²) < 4.78 is 0. The topological polar surface area (TPSA) is 6.48 Å². The van der Waals surface area contributed by atoms with Crippen molar-refractivity contribution >= 4 is 11.6 Å². The van der Waals surface area contributed by atoms with Crippen molar-refractivity contribution in [2.45, 2.75) is 19.4 Å². The van der Waals surface area contributed by atoms with E-state index in [4.69, 9.17) is 11.6 Å². The first kappa shape index (κ1) is 12.9. The Morgan fingerprint density at radius 2 is 2.06 bits per heavy atom. The van der Waals surface area contributed by atoms with Gasteiger partial charge in [-0.25, -0.2) is 0 Å². The fraction of sp³-hybridized carbons (Fsp3) is 0.571. The van der Waals surface area contributed by atoms with Crippen molar-refractivity contribution < 1.29 is 0 Å². The molecule has 0 N–H and O–H groups in total. The Morgan fingerprint density at radius 1 is 1.29 bits per heavy atom. The Hall–Kier alpha value is -0.570. The van der Waals surface area contributed by atoms with Gasteiger partial charge in [0.05, 0.1) is 0 Å². The van der Waals surface area contributed by atoms with Crippen LogP contribution in [0.3, 0.4) is 0 Å². The third-order valence-corrected chi connectivity index (χ3v) is 3.57. The molecule has 0 amide bonds. The molecule has 1 heterocycles. The third-order valence-electron chi connectivity index (χ3n) is 3.34. The molecule has 2 rings (SSSR count). The zero-order valence-corrected chi connectivity index (χ0v) is 11.3. The molecule has 0 aromatic heterocycles. The first-order valence-corrected chi connectivity index (χ1v) is 6.77. The molecule has 1 aromatic carbocycles. The minimum Gasteiger partial charge on any atom is -0.302 e. The lowest BCUT2D eigenvalue weighted by molar-refractivity contribution is 0.252. The van der Waals surface area contributed by atoms with Crippen LogP contribution in [0.2, 0.25) is 5.02 Å². The number of likely N-dealkylation sites (tertiary alicyclic amines) is 1. The maximum absolute atomic E-state index is 5.98. The highest BCUT2D eigenvalue weighted by Gasteiger charge is 2.11. The van der Waals surface area contributed by atoms with Crippen LogP contribution in [0, 0.1) is 0 Å². The Bertz CT molecular complexity index is 348. The molecule has 0 aliphatic carbocycles. The van der Waals surface area contributed by atoms with Crippen molar-refractivity contribution in [3.05, 3.63) is 34.9 Å². The molecular formula is C14H21ClN2. The first-order chi connectivity index (χ1) is 8.24. The van der Waals surface area contributed by atoms with Gasteiger partial charge in [0.25, 0.3) is 0 Å².